The van der Waals surface area contributed by atoms with Crippen LogP contribution in [0.2, 0.25) is 0 Å². The van der Waals surface area contributed by atoms with Gasteiger partial charge in [-0.3, -0.25) is 0 Å². The van der Waals surface area contributed by atoms with Gasteiger partial charge in [0, 0.05) is 69.5 Å². The van der Waals surface area contributed by atoms with E-state index in [1.54, 1.807) is 0 Å². The zero-order chi connectivity index (χ0) is 25.6. The molecule has 0 aromatic carbocycles. The van der Waals surface area contributed by atoms with E-state index in [4.69, 9.17) is 19.1 Å². The predicted molar refractivity (Wildman–Crippen MR) is 147 cm³/mol. The summed E-state index contributed by atoms with van der Waals surface area (Å²) in [7, 11) is 20.4. The molecule has 0 aliphatic rings. The van der Waals surface area contributed by atoms with Gasteiger partial charge in [0.25, 0.3) is 0 Å². The molecular formula is C20H48N12P+. The number of nitrogens with one attached hydrogen (secondary N) is 4. The van der Waals surface area contributed by atoms with Gasteiger partial charge in [-0.1, -0.05) is 4.76 Å². The van der Waals surface area contributed by atoms with Crippen LogP contribution in [-0.4, -0.2) is 154 Å². The maximum atomic E-state index is 5.18. The molecule has 0 unspecified atom stereocenters. The van der Waals surface area contributed by atoms with Crippen molar-refractivity contribution >= 4 is 31.2 Å². The first-order valence-corrected chi connectivity index (χ1v) is 12.6. The van der Waals surface area contributed by atoms with E-state index in [1.165, 1.54) is 0 Å². The van der Waals surface area contributed by atoms with Crippen LogP contribution >= 0.6 is 7.87 Å². The number of amidine groups is 2. The average molecular weight is 488 g/mol. The first kappa shape index (κ1) is 31.1. The Bertz CT molecular complexity index is 637. The van der Waals surface area contributed by atoms with E-state index in [-0.39, 0.29) is 0 Å². The zero-order valence-electron chi connectivity index (χ0n) is 22.9. The van der Waals surface area contributed by atoms with Gasteiger partial charge in [0.2, 0.25) is 5.96 Å². The minimum absolute atomic E-state index is 0.575. The molecule has 0 rings (SSSR count). The number of guanidine groups is 1. The van der Waals surface area contributed by atoms with Crippen LogP contribution in [0.3, 0.4) is 0 Å². The Hall–Kier alpha value is -1.85. The quantitative estimate of drug-likeness (QED) is 0.164. The van der Waals surface area contributed by atoms with E-state index < -0.39 is 7.87 Å². The van der Waals surface area contributed by atoms with Crippen molar-refractivity contribution in [3.8, 4) is 0 Å². The molecule has 0 radical (unpaired) electrons. The molecule has 0 atom stereocenters. The summed E-state index contributed by atoms with van der Waals surface area (Å²) in [6.07, 6.45) is 0. The fraction of sp³-hybridized carbons (Fsp3) is 0.800. The summed E-state index contributed by atoms with van der Waals surface area (Å²) < 4.78 is 20.7. The molecule has 0 aromatic heterocycles. The molecule has 0 heterocycles. The Morgan fingerprint density at radius 3 is 1.15 bits per heavy atom. The fourth-order valence-corrected chi connectivity index (χ4v) is 5.26. The van der Waals surface area contributed by atoms with Crippen LogP contribution in [0, 0.1) is 0 Å². The Balaban J connectivity index is 7.55. The molecule has 0 spiro atoms. The van der Waals surface area contributed by atoms with Gasteiger partial charge in [0.1, 0.15) is 0 Å². The third-order valence-corrected chi connectivity index (χ3v) is 6.26. The van der Waals surface area contributed by atoms with Gasteiger partial charge >= 0.3 is 7.87 Å². The lowest BCUT2D eigenvalue weighted by molar-refractivity contribution is 0.486. The van der Waals surface area contributed by atoms with Crippen molar-refractivity contribution in [2.45, 2.75) is 0 Å². The van der Waals surface area contributed by atoms with Gasteiger partial charge in [-0.05, 0) is 42.5 Å². The second-order valence-electron chi connectivity index (χ2n) is 8.33. The second-order valence-corrected chi connectivity index (χ2v) is 10.2. The molecule has 0 fully saturated rings. The van der Waals surface area contributed by atoms with Crippen LogP contribution in [0.4, 0.5) is 0 Å². The summed E-state index contributed by atoms with van der Waals surface area (Å²) in [4.78, 5) is 7.90. The third-order valence-electron chi connectivity index (χ3n) is 4.26. The highest BCUT2D eigenvalue weighted by Gasteiger charge is 2.45. The maximum Gasteiger partial charge on any atom is 0.500 e. The van der Waals surface area contributed by atoms with Crippen LogP contribution in [0.25, 0.3) is 0 Å². The van der Waals surface area contributed by atoms with Crippen LogP contribution in [0.1, 0.15) is 0 Å². The largest absolute Gasteiger partial charge is 0.500 e. The molecule has 0 amide bonds. The first-order valence-electron chi connectivity index (χ1n) is 11.0. The number of nitrogens with zero attached hydrogens (tertiary/aromatic N) is 8. The Labute approximate surface area is 202 Å². The lowest BCUT2D eigenvalue weighted by atomic mass is 10.4. The van der Waals surface area contributed by atoms with Crippen molar-refractivity contribution in [3.05, 3.63) is 0 Å². The van der Waals surface area contributed by atoms with E-state index >= 15 is 0 Å². The van der Waals surface area contributed by atoms with E-state index in [2.05, 4.69) is 21.3 Å². The second kappa shape index (κ2) is 15.9. The SMILES string of the molecule is CNCC(CNC)=N[P+](N=C(CNC)N(C)C)(N=C(CNC)N(C)C)N=C(N(C)C)N(C)C. The molecule has 0 saturated carbocycles. The summed E-state index contributed by atoms with van der Waals surface area (Å²) in [5.41, 5.74) is 0.909. The normalized spacial score (nSPS) is 13.8. The third kappa shape index (κ3) is 11.2. The Kier molecular flexibility index (Phi) is 15.0. The van der Waals surface area contributed by atoms with Crippen molar-refractivity contribution in [1.82, 2.24) is 40.9 Å². The number of likely N-dealkylation sites (N-methyl/N-ethyl adjacent to an activating group) is 4. The lowest BCUT2D eigenvalue weighted by Crippen LogP contribution is -2.36. The predicted octanol–water partition coefficient (Wildman–Crippen LogP) is -0.618. The van der Waals surface area contributed by atoms with E-state index in [9.17, 15) is 0 Å². The molecule has 33 heavy (non-hydrogen) atoms. The minimum atomic E-state index is -3.03. The zero-order valence-corrected chi connectivity index (χ0v) is 23.7. The van der Waals surface area contributed by atoms with Crippen LogP contribution < -0.4 is 21.3 Å². The smallest absolute Gasteiger partial charge is 0.362 e. The van der Waals surface area contributed by atoms with E-state index in [1.807, 2.05) is 104 Å². The molecule has 0 bridgehead atoms. The van der Waals surface area contributed by atoms with Gasteiger partial charge in [-0.25, -0.2) is 0 Å². The van der Waals surface area contributed by atoms with Crippen molar-refractivity contribution in [2.24, 2.45) is 19.1 Å². The van der Waals surface area contributed by atoms with Gasteiger partial charge in [-0.15, -0.1) is 0 Å². The summed E-state index contributed by atoms with van der Waals surface area (Å²) in [5, 5.41) is 12.8. The van der Waals surface area contributed by atoms with Crippen LogP contribution in [-0.2, 0) is 0 Å². The number of hydrogen-bond donors (Lipinski definition) is 4. The van der Waals surface area contributed by atoms with E-state index in [0.717, 1.165) is 23.3 Å². The van der Waals surface area contributed by atoms with Crippen LogP contribution in [0.5, 0.6) is 0 Å². The first-order chi connectivity index (χ1) is 15.5. The van der Waals surface area contributed by atoms with Crippen molar-refractivity contribution in [2.75, 3.05) is 111 Å². The summed E-state index contributed by atoms with van der Waals surface area (Å²) in [5.74, 6) is 2.41. The highest BCUT2D eigenvalue weighted by molar-refractivity contribution is 7.71. The average Bonchev–Trinajstić information content (AvgIpc) is 2.71. The monoisotopic (exact) mass is 487 g/mol. The molecule has 13 heteroatoms. The molecule has 0 saturated heterocycles. The van der Waals surface area contributed by atoms with Gasteiger partial charge in [0.05, 0.1) is 18.8 Å². The van der Waals surface area contributed by atoms with E-state index in [0.29, 0.717) is 26.2 Å². The molecule has 0 aliphatic heterocycles. The fourth-order valence-electron chi connectivity index (χ4n) is 2.76. The molecule has 0 aromatic rings. The highest BCUT2D eigenvalue weighted by Crippen LogP contribution is 2.66. The topological polar surface area (TPSA) is 111 Å². The Morgan fingerprint density at radius 1 is 0.515 bits per heavy atom. The molecule has 4 N–H and O–H groups in total. The molecule has 12 nitrogen and oxygen atoms in total. The summed E-state index contributed by atoms with van der Waals surface area (Å²) in [6.45, 7) is 2.36. The standard InChI is InChI=1S/C20H48N12P/c1-21-13-17(14-22-2)25-33(26-18(15-23-3)29(5)6,27-19(16-24-4)30(7)8)28-20(31(9)10)32(11)12/h21-24H,13-16H2,1-12H3/q+1. The van der Waals surface area contributed by atoms with Crippen molar-refractivity contribution < 1.29 is 0 Å². The number of rotatable bonds is 12. The summed E-state index contributed by atoms with van der Waals surface area (Å²) >= 11 is 0. The van der Waals surface area contributed by atoms with Crippen molar-refractivity contribution in [1.29, 1.82) is 0 Å². The van der Waals surface area contributed by atoms with Gasteiger partial charge in [0.15, 0.2) is 11.7 Å². The highest BCUT2D eigenvalue weighted by atomic mass is 31.2. The molecule has 192 valence electrons. The molecular weight excluding hydrogens is 439 g/mol. The number of hydrogen-bond acceptors (Lipinski definition) is 8. The minimum Gasteiger partial charge on any atom is -0.362 e. The summed E-state index contributed by atoms with van der Waals surface area (Å²) in [6, 6.07) is 0. The van der Waals surface area contributed by atoms with Gasteiger partial charge < -0.3 is 40.9 Å². The Morgan fingerprint density at radius 2 is 0.879 bits per heavy atom. The lowest BCUT2D eigenvalue weighted by Gasteiger charge is -2.23. The van der Waals surface area contributed by atoms with Crippen LogP contribution in [0.15, 0.2) is 19.1 Å². The van der Waals surface area contributed by atoms with Gasteiger partial charge in [-0.2, -0.15) is 0 Å². The van der Waals surface area contributed by atoms with Crippen molar-refractivity contribution in [3.63, 3.8) is 0 Å². The molecule has 0 aliphatic carbocycles. The maximum absolute atomic E-state index is 5.18.